The number of hydrogen-bond acceptors (Lipinski definition) is 2. The topological polar surface area (TPSA) is 38.3 Å². The van der Waals surface area contributed by atoms with E-state index in [0.29, 0.717) is 12.2 Å². The Bertz CT molecular complexity index is 811. The van der Waals surface area contributed by atoms with Crippen molar-refractivity contribution in [2.45, 2.75) is 6.61 Å². The molecule has 0 unspecified atom stereocenters. The average Bonchev–Trinajstić information content (AvgIpc) is 2.63. The van der Waals surface area contributed by atoms with Gasteiger partial charge in [0.15, 0.2) is 0 Å². The Kier molecular flexibility index (Phi) is 5.04. The van der Waals surface area contributed by atoms with E-state index in [1.54, 1.807) is 7.11 Å². The Morgan fingerprint density at radius 2 is 1.58 bits per heavy atom. The third kappa shape index (κ3) is 3.89. The number of hydrogen-bond donors (Lipinski definition) is 1. The molecule has 3 rings (SSSR count). The Labute approximate surface area is 141 Å². The minimum Gasteiger partial charge on any atom is -0.380 e. The van der Waals surface area contributed by atoms with Crippen molar-refractivity contribution < 1.29 is 9.53 Å². The van der Waals surface area contributed by atoms with Crippen molar-refractivity contribution in [1.29, 1.82) is 0 Å². The summed E-state index contributed by atoms with van der Waals surface area (Å²) in [6, 6.07) is 25.4. The third-order valence-electron chi connectivity index (χ3n) is 3.75. The van der Waals surface area contributed by atoms with Crippen molar-refractivity contribution in [2.75, 3.05) is 12.4 Å². The first kappa shape index (κ1) is 16.0. The number of rotatable bonds is 5. The number of ether oxygens (including phenoxy) is 1. The van der Waals surface area contributed by atoms with E-state index in [1.165, 1.54) is 0 Å². The van der Waals surface area contributed by atoms with Crippen LogP contribution in [0.2, 0.25) is 0 Å². The smallest absolute Gasteiger partial charge is 0.255 e. The normalized spacial score (nSPS) is 10.4. The summed E-state index contributed by atoms with van der Waals surface area (Å²) in [4.78, 5) is 12.4. The molecular formula is C21H19NO2. The summed E-state index contributed by atoms with van der Waals surface area (Å²) < 4.78 is 5.11. The Balaban J connectivity index is 1.72. The summed E-state index contributed by atoms with van der Waals surface area (Å²) in [5.74, 6) is -0.121. The summed E-state index contributed by atoms with van der Waals surface area (Å²) in [5, 5.41) is 2.92. The van der Waals surface area contributed by atoms with Crippen LogP contribution >= 0.6 is 0 Å². The number of nitrogens with one attached hydrogen (secondary N) is 1. The monoisotopic (exact) mass is 317 g/mol. The predicted octanol–water partition coefficient (Wildman–Crippen LogP) is 4.75. The highest BCUT2D eigenvalue weighted by Crippen LogP contribution is 2.20. The van der Waals surface area contributed by atoms with Crippen LogP contribution in [0.25, 0.3) is 11.1 Å². The molecule has 0 radical (unpaired) electrons. The van der Waals surface area contributed by atoms with Crippen LogP contribution in [0.3, 0.4) is 0 Å². The molecule has 3 nitrogen and oxygen atoms in total. The highest BCUT2D eigenvalue weighted by atomic mass is 16.5. The first-order valence-corrected chi connectivity index (χ1v) is 7.81. The second kappa shape index (κ2) is 7.57. The molecule has 3 aromatic rings. The van der Waals surface area contributed by atoms with Gasteiger partial charge in [0.25, 0.3) is 5.91 Å². The average molecular weight is 317 g/mol. The van der Waals surface area contributed by atoms with Gasteiger partial charge in [-0.2, -0.15) is 0 Å². The van der Waals surface area contributed by atoms with E-state index in [9.17, 15) is 4.79 Å². The van der Waals surface area contributed by atoms with Gasteiger partial charge in [-0.05, 0) is 41.0 Å². The molecule has 0 saturated heterocycles. The van der Waals surface area contributed by atoms with Gasteiger partial charge >= 0.3 is 0 Å². The number of carbonyl (C=O) groups is 1. The van der Waals surface area contributed by atoms with Crippen LogP contribution in [-0.2, 0) is 11.3 Å². The molecule has 0 aromatic heterocycles. The van der Waals surface area contributed by atoms with Gasteiger partial charge in [0.1, 0.15) is 0 Å². The molecule has 1 amide bonds. The molecule has 120 valence electrons. The second-order valence-corrected chi connectivity index (χ2v) is 5.53. The molecule has 3 heteroatoms. The molecule has 0 saturated carbocycles. The lowest BCUT2D eigenvalue weighted by molar-refractivity contribution is 0.102. The highest BCUT2D eigenvalue weighted by Gasteiger charge is 2.07. The van der Waals surface area contributed by atoms with Crippen molar-refractivity contribution in [3.8, 4) is 11.1 Å². The van der Waals surface area contributed by atoms with E-state index in [1.807, 2.05) is 66.7 Å². The summed E-state index contributed by atoms with van der Waals surface area (Å²) in [6.07, 6.45) is 0. The molecule has 1 N–H and O–H groups in total. The van der Waals surface area contributed by atoms with Crippen LogP contribution < -0.4 is 5.32 Å². The van der Waals surface area contributed by atoms with Gasteiger partial charge in [0.2, 0.25) is 0 Å². The minimum atomic E-state index is -0.121. The maximum Gasteiger partial charge on any atom is 0.255 e. The van der Waals surface area contributed by atoms with Crippen LogP contribution in [0, 0.1) is 0 Å². The SMILES string of the molecule is COCc1cccc(NC(=O)c2ccc(-c3ccccc3)cc2)c1. The zero-order chi connectivity index (χ0) is 16.8. The van der Waals surface area contributed by atoms with Crippen LogP contribution in [0.1, 0.15) is 15.9 Å². The Morgan fingerprint density at radius 3 is 2.29 bits per heavy atom. The zero-order valence-corrected chi connectivity index (χ0v) is 13.5. The van der Waals surface area contributed by atoms with Gasteiger partial charge in [-0.15, -0.1) is 0 Å². The fourth-order valence-corrected chi connectivity index (χ4v) is 2.55. The van der Waals surface area contributed by atoms with Gasteiger partial charge in [0, 0.05) is 18.4 Å². The van der Waals surface area contributed by atoms with Crippen LogP contribution in [-0.4, -0.2) is 13.0 Å². The Hall–Kier alpha value is -2.91. The van der Waals surface area contributed by atoms with Gasteiger partial charge < -0.3 is 10.1 Å². The summed E-state index contributed by atoms with van der Waals surface area (Å²) in [7, 11) is 1.65. The van der Waals surface area contributed by atoms with Crippen molar-refractivity contribution in [2.24, 2.45) is 0 Å². The molecule has 0 bridgehead atoms. The highest BCUT2D eigenvalue weighted by molar-refractivity contribution is 6.04. The van der Waals surface area contributed by atoms with E-state index >= 15 is 0 Å². The molecule has 0 fully saturated rings. The first-order chi connectivity index (χ1) is 11.8. The van der Waals surface area contributed by atoms with Gasteiger partial charge in [-0.1, -0.05) is 54.6 Å². The van der Waals surface area contributed by atoms with Crippen LogP contribution in [0.4, 0.5) is 5.69 Å². The lowest BCUT2D eigenvalue weighted by atomic mass is 10.0. The van der Waals surface area contributed by atoms with Crippen LogP contribution in [0.5, 0.6) is 0 Å². The number of amides is 1. The van der Waals surface area contributed by atoms with E-state index in [4.69, 9.17) is 4.74 Å². The van der Waals surface area contributed by atoms with Crippen molar-refractivity contribution >= 4 is 11.6 Å². The van der Waals surface area contributed by atoms with Crippen molar-refractivity contribution in [3.05, 3.63) is 90.0 Å². The maximum absolute atomic E-state index is 12.4. The summed E-state index contributed by atoms with van der Waals surface area (Å²) in [6.45, 7) is 0.523. The largest absolute Gasteiger partial charge is 0.380 e. The molecule has 0 aliphatic rings. The van der Waals surface area contributed by atoms with Gasteiger partial charge in [-0.3, -0.25) is 4.79 Å². The van der Waals surface area contributed by atoms with Crippen molar-refractivity contribution in [1.82, 2.24) is 0 Å². The van der Waals surface area contributed by atoms with Crippen molar-refractivity contribution in [3.63, 3.8) is 0 Å². The first-order valence-electron chi connectivity index (χ1n) is 7.81. The maximum atomic E-state index is 12.4. The van der Waals surface area contributed by atoms with Gasteiger partial charge in [-0.25, -0.2) is 0 Å². The molecule has 3 aromatic carbocycles. The molecule has 24 heavy (non-hydrogen) atoms. The second-order valence-electron chi connectivity index (χ2n) is 5.53. The number of methoxy groups -OCH3 is 1. The fraction of sp³-hybridized carbons (Fsp3) is 0.0952. The van der Waals surface area contributed by atoms with E-state index in [-0.39, 0.29) is 5.91 Å². The lowest BCUT2D eigenvalue weighted by Crippen LogP contribution is -2.11. The fourth-order valence-electron chi connectivity index (χ4n) is 2.55. The van der Waals surface area contributed by atoms with E-state index in [0.717, 1.165) is 22.4 Å². The Morgan fingerprint density at radius 1 is 0.875 bits per heavy atom. The predicted molar refractivity (Wildman–Crippen MR) is 97.0 cm³/mol. The summed E-state index contributed by atoms with van der Waals surface area (Å²) in [5.41, 5.74) is 4.65. The van der Waals surface area contributed by atoms with E-state index in [2.05, 4.69) is 17.4 Å². The van der Waals surface area contributed by atoms with E-state index < -0.39 is 0 Å². The number of carbonyl (C=O) groups excluding carboxylic acids is 1. The number of benzene rings is 3. The number of anilines is 1. The molecule has 0 aliphatic heterocycles. The zero-order valence-electron chi connectivity index (χ0n) is 13.5. The third-order valence-corrected chi connectivity index (χ3v) is 3.75. The molecular weight excluding hydrogens is 298 g/mol. The molecule has 0 spiro atoms. The molecule has 0 atom stereocenters. The van der Waals surface area contributed by atoms with Crippen LogP contribution in [0.15, 0.2) is 78.9 Å². The standard InChI is InChI=1S/C21H19NO2/c1-24-15-16-6-5-9-20(14-16)22-21(23)19-12-10-18(11-13-19)17-7-3-2-4-8-17/h2-14H,15H2,1H3,(H,22,23). The minimum absolute atomic E-state index is 0.121. The summed E-state index contributed by atoms with van der Waals surface area (Å²) >= 11 is 0. The molecule has 0 heterocycles. The lowest BCUT2D eigenvalue weighted by Gasteiger charge is -2.08. The van der Waals surface area contributed by atoms with Gasteiger partial charge in [0.05, 0.1) is 6.61 Å². The molecule has 0 aliphatic carbocycles. The quantitative estimate of drug-likeness (QED) is 0.737.